The quantitative estimate of drug-likeness (QED) is 0.203. The Morgan fingerprint density at radius 3 is 2.45 bits per heavy atom. The van der Waals surface area contributed by atoms with E-state index in [-0.39, 0.29) is 5.91 Å². The van der Waals surface area contributed by atoms with Gasteiger partial charge in [-0.05, 0) is 43.4 Å². The summed E-state index contributed by atoms with van der Waals surface area (Å²) < 4.78 is 0. The lowest BCUT2D eigenvalue weighted by molar-refractivity contribution is -0.116. The summed E-state index contributed by atoms with van der Waals surface area (Å²) in [4.78, 5) is 20.4. The zero-order valence-electron chi connectivity index (χ0n) is 21.7. The number of unbranched alkanes of at least 4 members (excludes halogenated alkanes) is 9. The molecule has 0 saturated carbocycles. The Morgan fingerprint density at radius 2 is 1.73 bits per heavy atom. The van der Waals surface area contributed by atoms with Crippen molar-refractivity contribution >= 4 is 22.8 Å². The molecule has 0 fully saturated rings. The van der Waals surface area contributed by atoms with Gasteiger partial charge < -0.3 is 10.2 Å². The molecule has 0 aromatic rings. The van der Waals surface area contributed by atoms with E-state index in [0.717, 1.165) is 60.5 Å². The van der Waals surface area contributed by atoms with Crippen LogP contribution in [0.25, 0.3) is 0 Å². The predicted molar refractivity (Wildman–Crippen MR) is 145 cm³/mol. The Labute approximate surface area is 208 Å². The van der Waals surface area contributed by atoms with Crippen molar-refractivity contribution in [3.05, 3.63) is 22.9 Å². The SMILES string of the molecule is CCCCCCCCC(C)CCCCCC/C=C\NC(=O)C1=C(CCC)N2CCCN=C2S1. The van der Waals surface area contributed by atoms with E-state index in [1.165, 1.54) is 77.0 Å². The molecule has 1 N–H and O–H groups in total. The van der Waals surface area contributed by atoms with Crippen LogP contribution in [0.2, 0.25) is 0 Å². The molecule has 2 aliphatic heterocycles. The van der Waals surface area contributed by atoms with E-state index in [0.29, 0.717) is 0 Å². The summed E-state index contributed by atoms with van der Waals surface area (Å²) in [7, 11) is 0. The van der Waals surface area contributed by atoms with Crippen LogP contribution in [0.5, 0.6) is 0 Å². The van der Waals surface area contributed by atoms with E-state index in [2.05, 4.69) is 42.1 Å². The van der Waals surface area contributed by atoms with Crippen LogP contribution in [-0.2, 0) is 4.79 Å². The molecule has 188 valence electrons. The van der Waals surface area contributed by atoms with Gasteiger partial charge in [0, 0.05) is 25.0 Å². The maximum Gasteiger partial charge on any atom is 0.263 e. The van der Waals surface area contributed by atoms with Crippen LogP contribution in [0.1, 0.15) is 124 Å². The molecule has 33 heavy (non-hydrogen) atoms. The van der Waals surface area contributed by atoms with Gasteiger partial charge in [0.2, 0.25) is 0 Å². The van der Waals surface area contributed by atoms with Crippen molar-refractivity contribution in [3.8, 4) is 0 Å². The minimum atomic E-state index is 0.0242. The molecule has 2 heterocycles. The van der Waals surface area contributed by atoms with Gasteiger partial charge in [0.05, 0.1) is 4.91 Å². The molecule has 0 aromatic heterocycles. The number of carbonyl (C=O) groups is 1. The largest absolute Gasteiger partial charge is 0.328 e. The molecule has 0 radical (unpaired) electrons. The molecule has 0 bridgehead atoms. The first-order chi connectivity index (χ1) is 16.2. The molecule has 1 amide bonds. The zero-order chi connectivity index (χ0) is 23.7. The van der Waals surface area contributed by atoms with Crippen molar-refractivity contribution in [1.29, 1.82) is 0 Å². The number of allylic oxidation sites excluding steroid dienone is 2. The van der Waals surface area contributed by atoms with Crippen LogP contribution in [0.4, 0.5) is 0 Å². The fourth-order valence-corrected chi connectivity index (χ4v) is 5.80. The molecule has 0 saturated heterocycles. The van der Waals surface area contributed by atoms with Crippen LogP contribution in [-0.4, -0.2) is 29.1 Å². The summed E-state index contributed by atoms with van der Waals surface area (Å²) in [6.07, 6.45) is 24.5. The van der Waals surface area contributed by atoms with Gasteiger partial charge in [-0.15, -0.1) is 0 Å². The number of hydrogen-bond acceptors (Lipinski definition) is 4. The lowest BCUT2D eigenvalue weighted by atomic mass is 9.96. The third-order valence-corrected chi connectivity index (χ3v) is 7.85. The number of hydrogen-bond donors (Lipinski definition) is 1. The zero-order valence-corrected chi connectivity index (χ0v) is 22.5. The third-order valence-electron chi connectivity index (χ3n) is 6.69. The molecule has 5 heteroatoms. The van der Waals surface area contributed by atoms with Crippen molar-refractivity contribution in [2.24, 2.45) is 10.9 Å². The number of amides is 1. The second-order valence-electron chi connectivity index (χ2n) is 9.83. The van der Waals surface area contributed by atoms with E-state index >= 15 is 0 Å². The van der Waals surface area contributed by atoms with Crippen LogP contribution in [0, 0.1) is 5.92 Å². The molecule has 2 rings (SSSR count). The fourth-order valence-electron chi connectivity index (χ4n) is 4.67. The molecule has 2 aliphatic rings. The first-order valence-corrected chi connectivity index (χ1v) is 14.7. The molecular weight excluding hydrogens is 426 g/mol. The predicted octanol–water partition coefficient (Wildman–Crippen LogP) is 8.16. The molecule has 1 unspecified atom stereocenters. The molecule has 0 spiro atoms. The van der Waals surface area contributed by atoms with Crippen molar-refractivity contribution < 1.29 is 4.79 Å². The summed E-state index contributed by atoms with van der Waals surface area (Å²) >= 11 is 1.55. The van der Waals surface area contributed by atoms with Crippen LogP contribution in [0.3, 0.4) is 0 Å². The number of nitrogens with one attached hydrogen (secondary N) is 1. The van der Waals surface area contributed by atoms with Gasteiger partial charge in [-0.2, -0.15) is 0 Å². The normalized spacial score (nSPS) is 16.9. The number of aliphatic imine (C=N–C) groups is 1. The number of carbonyl (C=O) groups excluding carboxylic acids is 1. The van der Waals surface area contributed by atoms with Crippen molar-refractivity contribution in [3.63, 3.8) is 0 Å². The summed E-state index contributed by atoms with van der Waals surface area (Å²) in [5.74, 6) is 0.911. The minimum absolute atomic E-state index is 0.0242. The number of nitrogens with zero attached hydrogens (tertiary/aromatic N) is 2. The fraction of sp³-hybridized carbons (Fsp3) is 0.786. The highest BCUT2D eigenvalue weighted by molar-refractivity contribution is 8.18. The molecule has 0 aromatic carbocycles. The Hall–Kier alpha value is -1.23. The van der Waals surface area contributed by atoms with Crippen LogP contribution < -0.4 is 5.32 Å². The van der Waals surface area contributed by atoms with Gasteiger partial charge in [-0.1, -0.05) is 104 Å². The Bertz CT molecular complexity index is 656. The van der Waals surface area contributed by atoms with Crippen molar-refractivity contribution in [2.75, 3.05) is 13.1 Å². The van der Waals surface area contributed by atoms with Gasteiger partial charge in [0.15, 0.2) is 5.17 Å². The highest BCUT2D eigenvalue weighted by Crippen LogP contribution is 2.38. The van der Waals surface area contributed by atoms with Crippen LogP contribution in [0.15, 0.2) is 27.9 Å². The molecule has 1 atom stereocenters. The van der Waals surface area contributed by atoms with Gasteiger partial charge in [-0.25, -0.2) is 0 Å². The van der Waals surface area contributed by atoms with E-state index in [4.69, 9.17) is 0 Å². The number of fused-ring (bicyclic) bond motifs is 1. The van der Waals surface area contributed by atoms with Crippen LogP contribution >= 0.6 is 11.8 Å². The van der Waals surface area contributed by atoms with Gasteiger partial charge in [0.25, 0.3) is 5.91 Å². The lowest BCUT2D eigenvalue weighted by Crippen LogP contribution is -2.29. The van der Waals surface area contributed by atoms with Gasteiger partial charge in [0.1, 0.15) is 0 Å². The van der Waals surface area contributed by atoms with E-state index in [1.54, 1.807) is 11.8 Å². The Morgan fingerprint density at radius 1 is 1.03 bits per heavy atom. The standard InChI is InChI=1S/C28H49N3OS/c1-4-6-7-8-11-14-19-24(3)20-15-12-9-10-13-16-21-29-27(32)26-25(18-5-2)31-23-17-22-30-28(31)33-26/h16,21,24H,4-15,17-20,22-23H2,1-3H3,(H,29,32)/b21-16-. The average Bonchev–Trinajstić information content (AvgIpc) is 3.19. The van der Waals surface area contributed by atoms with E-state index in [9.17, 15) is 4.79 Å². The van der Waals surface area contributed by atoms with E-state index < -0.39 is 0 Å². The summed E-state index contributed by atoms with van der Waals surface area (Å²) in [6, 6.07) is 0. The summed E-state index contributed by atoms with van der Waals surface area (Å²) in [5, 5.41) is 4.01. The Balaban J connectivity index is 1.52. The maximum atomic E-state index is 12.7. The average molecular weight is 476 g/mol. The molecular formula is C28H49N3OS. The first kappa shape index (κ1) is 28.0. The summed E-state index contributed by atoms with van der Waals surface area (Å²) in [5.41, 5.74) is 1.16. The third kappa shape index (κ3) is 10.7. The maximum absolute atomic E-state index is 12.7. The number of rotatable bonds is 18. The first-order valence-electron chi connectivity index (χ1n) is 13.9. The Kier molecular flexibility index (Phi) is 14.6. The molecule has 4 nitrogen and oxygen atoms in total. The van der Waals surface area contributed by atoms with Gasteiger partial charge >= 0.3 is 0 Å². The second-order valence-corrected chi connectivity index (χ2v) is 10.8. The van der Waals surface area contributed by atoms with Gasteiger partial charge in [-0.3, -0.25) is 9.79 Å². The minimum Gasteiger partial charge on any atom is -0.328 e. The highest BCUT2D eigenvalue weighted by atomic mass is 32.2. The summed E-state index contributed by atoms with van der Waals surface area (Å²) in [6.45, 7) is 8.76. The molecule has 0 aliphatic carbocycles. The van der Waals surface area contributed by atoms with Crippen molar-refractivity contribution in [2.45, 2.75) is 124 Å². The second kappa shape index (κ2) is 17.2. The smallest absolute Gasteiger partial charge is 0.263 e. The number of amidine groups is 1. The lowest BCUT2D eigenvalue weighted by Gasteiger charge is -2.25. The van der Waals surface area contributed by atoms with E-state index in [1.807, 2.05) is 6.20 Å². The highest BCUT2D eigenvalue weighted by Gasteiger charge is 2.33. The van der Waals surface area contributed by atoms with Crippen molar-refractivity contribution in [1.82, 2.24) is 10.2 Å². The number of thioether (sulfide) groups is 1. The topological polar surface area (TPSA) is 44.7 Å². The monoisotopic (exact) mass is 475 g/mol.